The first-order valence-electron chi connectivity index (χ1n) is 4.18. The van der Waals surface area contributed by atoms with Crippen molar-refractivity contribution in [2.75, 3.05) is 5.33 Å². The van der Waals surface area contributed by atoms with Crippen molar-refractivity contribution < 1.29 is 0 Å². The first-order chi connectivity index (χ1) is 6.17. The molecule has 0 aliphatic heterocycles. The van der Waals surface area contributed by atoms with Gasteiger partial charge in [0.2, 0.25) is 0 Å². The van der Waals surface area contributed by atoms with Crippen molar-refractivity contribution in [1.82, 2.24) is 0 Å². The minimum atomic E-state index is 0.970. The average molecular weight is 324 g/mol. The lowest BCUT2D eigenvalue weighted by atomic mass is 10.2. The minimum Gasteiger partial charge on any atom is -0.140 e. The van der Waals surface area contributed by atoms with Crippen LogP contribution < -0.4 is 0 Å². The maximum absolute atomic E-state index is 3.52. The van der Waals surface area contributed by atoms with E-state index in [0.29, 0.717) is 0 Å². The second-order valence-corrected chi connectivity index (χ2v) is 5.55. The molecule has 0 fully saturated rings. The molecule has 1 aromatic heterocycles. The molecule has 1 rings (SSSR count). The van der Waals surface area contributed by atoms with Gasteiger partial charge < -0.3 is 0 Å². The normalized spacial score (nSPS) is 12.2. The molecular formula is C10H12Br2S. The summed E-state index contributed by atoms with van der Waals surface area (Å²) in [4.78, 5) is 2.68. The molecule has 72 valence electrons. The fourth-order valence-electron chi connectivity index (χ4n) is 0.989. The van der Waals surface area contributed by atoms with Gasteiger partial charge in [-0.25, -0.2) is 0 Å². The second kappa shape index (κ2) is 5.32. The second-order valence-electron chi connectivity index (χ2n) is 2.84. The Morgan fingerprint density at radius 2 is 2.31 bits per heavy atom. The fraction of sp³-hybridized carbons (Fsp3) is 0.400. The molecule has 0 aromatic carbocycles. The Kier molecular flexibility index (Phi) is 4.70. The van der Waals surface area contributed by atoms with Gasteiger partial charge in [0.15, 0.2) is 0 Å². The van der Waals surface area contributed by atoms with Crippen LogP contribution >= 0.6 is 43.2 Å². The number of allylic oxidation sites excluding steroid dienone is 1. The molecule has 0 N–H and O–H groups in total. The zero-order valence-corrected chi connectivity index (χ0v) is 11.7. The molecule has 0 spiro atoms. The number of alkyl halides is 1. The Morgan fingerprint density at radius 1 is 1.62 bits per heavy atom. The zero-order chi connectivity index (χ0) is 9.84. The first-order valence-corrected chi connectivity index (χ1v) is 6.91. The maximum Gasteiger partial charge on any atom is 0.0317 e. The van der Waals surface area contributed by atoms with Crippen LogP contribution in [0.1, 0.15) is 23.1 Å². The lowest BCUT2D eigenvalue weighted by Gasteiger charge is -1.95. The lowest BCUT2D eigenvalue weighted by molar-refractivity contribution is 1.13. The van der Waals surface area contributed by atoms with Crippen molar-refractivity contribution >= 4 is 49.3 Å². The molecular weight excluding hydrogens is 312 g/mol. The van der Waals surface area contributed by atoms with Gasteiger partial charge in [0.25, 0.3) is 0 Å². The fourth-order valence-corrected chi connectivity index (χ4v) is 3.10. The summed E-state index contributed by atoms with van der Waals surface area (Å²) in [5, 5.41) is 0.970. The number of rotatable bonds is 3. The summed E-state index contributed by atoms with van der Waals surface area (Å²) in [5.41, 5.74) is 1.44. The molecule has 0 radical (unpaired) electrons. The summed E-state index contributed by atoms with van der Waals surface area (Å²) in [6, 6.07) is 2.18. The highest BCUT2D eigenvalue weighted by atomic mass is 79.9. The van der Waals surface area contributed by atoms with Gasteiger partial charge in [-0.05, 0) is 41.4 Å². The number of hydrogen-bond acceptors (Lipinski definition) is 1. The lowest BCUT2D eigenvalue weighted by Crippen LogP contribution is -1.79. The Bertz CT molecular complexity index is 287. The van der Waals surface area contributed by atoms with Crippen molar-refractivity contribution in [3.05, 3.63) is 25.9 Å². The molecule has 1 aromatic rings. The van der Waals surface area contributed by atoms with Crippen LogP contribution in [-0.2, 0) is 0 Å². The Morgan fingerprint density at radius 3 is 2.69 bits per heavy atom. The monoisotopic (exact) mass is 322 g/mol. The van der Waals surface area contributed by atoms with Gasteiger partial charge in [-0.1, -0.05) is 28.4 Å². The van der Waals surface area contributed by atoms with Gasteiger partial charge in [0, 0.05) is 19.6 Å². The van der Waals surface area contributed by atoms with Gasteiger partial charge in [0.05, 0.1) is 0 Å². The smallest absolute Gasteiger partial charge is 0.0317 e. The van der Waals surface area contributed by atoms with E-state index >= 15 is 0 Å². The Balaban J connectivity index is 2.89. The number of aryl methyl sites for hydroxylation is 1. The van der Waals surface area contributed by atoms with E-state index in [4.69, 9.17) is 0 Å². The van der Waals surface area contributed by atoms with E-state index in [0.717, 1.165) is 11.8 Å². The summed E-state index contributed by atoms with van der Waals surface area (Å²) >= 11 is 8.83. The van der Waals surface area contributed by atoms with E-state index in [1.54, 1.807) is 0 Å². The summed E-state index contributed by atoms with van der Waals surface area (Å²) in [5.74, 6) is 0. The van der Waals surface area contributed by atoms with Crippen LogP contribution in [0.4, 0.5) is 0 Å². The van der Waals surface area contributed by atoms with E-state index in [2.05, 4.69) is 57.8 Å². The molecule has 1 heterocycles. The molecule has 3 heteroatoms. The van der Waals surface area contributed by atoms with Gasteiger partial charge >= 0.3 is 0 Å². The third-order valence-corrected chi connectivity index (χ3v) is 4.65. The van der Waals surface area contributed by atoms with Crippen LogP contribution in [0.15, 0.2) is 16.1 Å². The molecule has 0 bridgehead atoms. The van der Waals surface area contributed by atoms with E-state index in [9.17, 15) is 0 Å². The van der Waals surface area contributed by atoms with Crippen LogP contribution in [0.3, 0.4) is 0 Å². The van der Waals surface area contributed by atoms with Crippen molar-refractivity contribution in [3.63, 3.8) is 0 Å². The van der Waals surface area contributed by atoms with E-state index in [1.165, 1.54) is 19.8 Å². The third-order valence-electron chi connectivity index (χ3n) is 1.85. The highest BCUT2D eigenvalue weighted by Gasteiger charge is 2.01. The molecule has 0 saturated heterocycles. The summed E-state index contributed by atoms with van der Waals surface area (Å²) < 4.78 is 1.22. The Labute approximate surface area is 100 Å². The number of thiophene rings is 1. The molecule has 0 aliphatic rings. The molecule has 0 saturated carbocycles. The molecule has 13 heavy (non-hydrogen) atoms. The summed E-state index contributed by atoms with van der Waals surface area (Å²) in [6.07, 6.45) is 3.37. The Hall–Kier alpha value is 0.400. The molecule has 0 amide bonds. The summed E-state index contributed by atoms with van der Waals surface area (Å²) in [6.45, 7) is 4.31. The van der Waals surface area contributed by atoms with Crippen molar-refractivity contribution in [3.8, 4) is 0 Å². The van der Waals surface area contributed by atoms with Crippen LogP contribution in [0.5, 0.6) is 0 Å². The number of halogens is 2. The minimum absolute atomic E-state index is 0.970. The van der Waals surface area contributed by atoms with Gasteiger partial charge in [0.1, 0.15) is 0 Å². The molecule has 0 atom stereocenters. The average Bonchev–Trinajstić information content (AvgIpc) is 2.42. The molecule has 0 aliphatic carbocycles. The predicted molar refractivity (Wildman–Crippen MR) is 68.8 cm³/mol. The topological polar surface area (TPSA) is 0 Å². The SMILES string of the molecule is CCC(=Cc1cc(Br)c(C)s1)CBr. The van der Waals surface area contributed by atoms with E-state index in [-0.39, 0.29) is 0 Å². The van der Waals surface area contributed by atoms with Gasteiger partial charge in [-0.2, -0.15) is 0 Å². The molecule has 0 nitrogen and oxygen atoms in total. The summed E-state index contributed by atoms with van der Waals surface area (Å²) in [7, 11) is 0. The van der Waals surface area contributed by atoms with Crippen LogP contribution in [0.25, 0.3) is 6.08 Å². The predicted octanol–water partition coefficient (Wildman–Crippen LogP) is 5.01. The number of hydrogen-bond donors (Lipinski definition) is 0. The first kappa shape index (κ1) is 11.5. The quantitative estimate of drug-likeness (QED) is 0.686. The van der Waals surface area contributed by atoms with E-state index < -0.39 is 0 Å². The molecule has 0 unspecified atom stereocenters. The van der Waals surface area contributed by atoms with E-state index in [1.807, 2.05) is 11.3 Å². The maximum atomic E-state index is 3.52. The largest absolute Gasteiger partial charge is 0.140 e. The van der Waals surface area contributed by atoms with Gasteiger partial charge in [-0.3, -0.25) is 0 Å². The van der Waals surface area contributed by atoms with Crippen LogP contribution in [0.2, 0.25) is 0 Å². The van der Waals surface area contributed by atoms with Crippen LogP contribution in [0, 0.1) is 6.92 Å². The highest BCUT2D eigenvalue weighted by molar-refractivity contribution is 9.10. The van der Waals surface area contributed by atoms with Crippen molar-refractivity contribution in [2.24, 2.45) is 0 Å². The standard InChI is InChI=1S/C10H12Br2S/c1-3-8(6-11)4-9-5-10(12)7(2)13-9/h4-5H,3,6H2,1-2H3. The third kappa shape index (κ3) is 3.22. The zero-order valence-electron chi connectivity index (χ0n) is 7.73. The van der Waals surface area contributed by atoms with Crippen LogP contribution in [-0.4, -0.2) is 5.33 Å². The van der Waals surface area contributed by atoms with Crippen molar-refractivity contribution in [1.29, 1.82) is 0 Å². The van der Waals surface area contributed by atoms with Crippen molar-refractivity contribution in [2.45, 2.75) is 20.3 Å². The highest BCUT2D eigenvalue weighted by Crippen LogP contribution is 2.28. The van der Waals surface area contributed by atoms with Gasteiger partial charge in [-0.15, -0.1) is 11.3 Å².